The van der Waals surface area contributed by atoms with Gasteiger partial charge in [0.1, 0.15) is 17.4 Å². The van der Waals surface area contributed by atoms with Crippen LogP contribution in [0.15, 0.2) is 72.8 Å². The number of urea groups is 1. The van der Waals surface area contributed by atoms with Crippen molar-refractivity contribution in [2.24, 2.45) is 5.41 Å². The maximum absolute atomic E-state index is 16.1. The highest BCUT2D eigenvalue weighted by molar-refractivity contribution is 7.22. The van der Waals surface area contributed by atoms with Crippen molar-refractivity contribution in [2.75, 3.05) is 41.7 Å². The van der Waals surface area contributed by atoms with Gasteiger partial charge in [-0.1, -0.05) is 68.0 Å². The molecule has 3 N–H and O–H groups in total. The van der Waals surface area contributed by atoms with Gasteiger partial charge in [0.25, 0.3) is 0 Å². The van der Waals surface area contributed by atoms with Gasteiger partial charge in [-0.05, 0) is 84.9 Å². The number of amides is 2. The van der Waals surface area contributed by atoms with Gasteiger partial charge in [-0.25, -0.2) is 18.6 Å². The van der Waals surface area contributed by atoms with Crippen molar-refractivity contribution in [1.82, 2.24) is 9.88 Å². The first-order valence-electron chi connectivity index (χ1n) is 15.9. The van der Waals surface area contributed by atoms with Crippen LogP contribution in [0.4, 0.5) is 35.8 Å². The third-order valence-electron chi connectivity index (χ3n) is 9.15. The minimum atomic E-state index is -0.517. The normalized spacial score (nSPS) is 16.0. The second-order valence-electron chi connectivity index (χ2n) is 13.9. The number of anilines is 4. The van der Waals surface area contributed by atoms with Gasteiger partial charge in [0.05, 0.1) is 27.3 Å². The molecule has 0 unspecified atom stereocenters. The number of phenolic OH excluding ortho intramolecular Hbond substituents is 1. The lowest BCUT2D eigenvalue weighted by Crippen LogP contribution is -2.47. The van der Waals surface area contributed by atoms with E-state index in [0.717, 1.165) is 38.0 Å². The lowest BCUT2D eigenvalue weighted by Gasteiger charge is -2.42. The lowest BCUT2D eigenvalue weighted by molar-refractivity contribution is 0.125. The quantitative estimate of drug-likeness (QED) is 0.171. The summed E-state index contributed by atoms with van der Waals surface area (Å²) in [7, 11) is 0. The Hall–Kier alpha value is -4.25. The summed E-state index contributed by atoms with van der Waals surface area (Å²) >= 11 is 7.40. The number of nitrogens with one attached hydrogen (secondary N) is 2. The molecule has 48 heavy (non-hydrogen) atoms. The van der Waals surface area contributed by atoms with Gasteiger partial charge < -0.3 is 20.2 Å². The van der Waals surface area contributed by atoms with Gasteiger partial charge in [-0.3, -0.25) is 5.32 Å². The van der Waals surface area contributed by atoms with E-state index in [0.29, 0.717) is 55.1 Å². The Balaban J connectivity index is 1.27. The van der Waals surface area contributed by atoms with E-state index in [-0.39, 0.29) is 17.0 Å². The molecule has 7 nitrogen and oxygen atoms in total. The van der Waals surface area contributed by atoms with Gasteiger partial charge >= 0.3 is 6.03 Å². The summed E-state index contributed by atoms with van der Waals surface area (Å²) in [6, 6.07) is 19.5. The van der Waals surface area contributed by atoms with E-state index in [2.05, 4.69) is 41.3 Å². The third-order valence-corrected chi connectivity index (χ3v) is 10.3. The van der Waals surface area contributed by atoms with Crippen LogP contribution < -0.4 is 15.5 Å². The topological polar surface area (TPSA) is 80.7 Å². The number of para-hydroxylation sites is 2. The molecule has 7 rings (SSSR count). The first kappa shape index (κ1) is 32.3. The van der Waals surface area contributed by atoms with Crippen molar-refractivity contribution in [3.05, 3.63) is 95.0 Å². The van der Waals surface area contributed by atoms with Crippen LogP contribution in [0.5, 0.6) is 5.75 Å². The molecule has 0 atom stereocenters. The van der Waals surface area contributed by atoms with Crippen molar-refractivity contribution >= 4 is 61.4 Å². The predicted molar refractivity (Wildman–Crippen MR) is 191 cm³/mol. The molecule has 1 aromatic heterocycles. The number of thiazole rings is 1. The number of hydrogen-bond acceptors (Lipinski definition) is 6. The summed E-state index contributed by atoms with van der Waals surface area (Å²) in [5, 5.41) is 18.1. The number of halogens is 3. The molecule has 2 amide bonds. The van der Waals surface area contributed by atoms with Gasteiger partial charge in [0, 0.05) is 35.2 Å². The molecule has 1 spiro atoms. The number of piperidine rings is 1. The van der Waals surface area contributed by atoms with E-state index >= 15 is 4.39 Å². The highest BCUT2D eigenvalue weighted by Gasteiger charge is 2.49. The molecular weight excluding hydrogens is 652 g/mol. The van der Waals surface area contributed by atoms with E-state index in [1.54, 1.807) is 24.3 Å². The van der Waals surface area contributed by atoms with E-state index in [1.807, 2.05) is 35.2 Å². The van der Waals surface area contributed by atoms with Crippen molar-refractivity contribution < 1.29 is 18.7 Å². The van der Waals surface area contributed by atoms with Crippen LogP contribution in [0.2, 0.25) is 5.02 Å². The van der Waals surface area contributed by atoms with Crippen molar-refractivity contribution in [3.63, 3.8) is 0 Å². The second kappa shape index (κ2) is 12.3. The Kier molecular flexibility index (Phi) is 8.30. The molecule has 1 fully saturated rings. The molecule has 0 saturated carbocycles. The zero-order valence-electron chi connectivity index (χ0n) is 26.9. The van der Waals surface area contributed by atoms with Crippen molar-refractivity contribution in [2.45, 2.75) is 39.0 Å². The monoisotopic (exact) mass is 687 g/mol. The number of aromatic hydroxyl groups is 1. The van der Waals surface area contributed by atoms with Crippen LogP contribution in [-0.4, -0.2) is 47.2 Å². The average Bonchev–Trinajstić information content (AvgIpc) is 3.57. The van der Waals surface area contributed by atoms with Crippen LogP contribution >= 0.6 is 22.9 Å². The minimum Gasteiger partial charge on any atom is -0.506 e. The zero-order chi connectivity index (χ0) is 33.8. The second-order valence-corrected chi connectivity index (χ2v) is 15.4. The van der Waals surface area contributed by atoms with Gasteiger partial charge in [0.15, 0.2) is 5.13 Å². The number of phenols is 1. The van der Waals surface area contributed by atoms with Crippen molar-refractivity contribution in [1.29, 1.82) is 0 Å². The Morgan fingerprint density at radius 2 is 1.75 bits per heavy atom. The maximum Gasteiger partial charge on any atom is 0.325 e. The van der Waals surface area contributed by atoms with E-state index in [1.165, 1.54) is 29.5 Å². The Bertz CT molecular complexity index is 2020. The standard InChI is InChI=1S/C37H36ClF2N5O2S/c1-36(2,3)20-44-16-14-37(15-17-44)21-45(33-29(46)19-25(40)31(32(33)37)22-8-10-23(38)11-9-22)28-7-5-4-6-26(28)41-34(47)43-35-42-27-13-12-24(39)18-30(27)48-35/h4-13,18-19,46H,14-17,20-21H2,1-3H3,(H2,41,42,43,47). The highest BCUT2D eigenvalue weighted by Crippen LogP contribution is 2.58. The molecule has 248 valence electrons. The van der Waals surface area contributed by atoms with Crippen molar-refractivity contribution in [3.8, 4) is 16.9 Å². The van der Waals surface area contributed by atoms with Gasteiger partial charge in [0.2, 0.25) is 0 Å². The first-order valence-corrected chi connectivity index (χ1v) is 17.1. The number of fused-ring (bicyclic) bond motifs is 3. The summed E-state index contributed by atoms with van der Waals surface area (Å²) in [6.07, 6.45) is 1.54. The zero-order valence-corrected chi connectivity index (χ0v) is 28.5. The smallest absolute Gasteiger partial charge is 0.325 e. The number of nitrogens with zero attached hydrogens (tertiary/aromatic N) is 3. The number of carbonyl (C=O) groups is 1. The first-order chi connectivity index (χ1) is 22.9. The molecule has 1 saturated heterocycles. The molecule has 11 heteroatoms. The van der Waals surface area contributed by atoms with Gasteiger partial charge in [-0.2, -0.15) is 0 Å². The molecule has 0 bridgehead atoms. The van der Waals surface area contributed by atoms with Crippen LogP contribution in [0.1, 0.15) is 39.2 Å². The number of likely N-dealkylation sites (tertiary alicyclic amines) is 1. The van der Waals surface area contributed by atoms with Crippen LogP contribution in [0, 0.1) is 17.0 Å². The SMILES string of the molecule is CC(C)(C)CN1CCC2(CC1)CN(c1ccccc1NC(=O)Nc1nc3ccc(F)cc3s1)c1c(O)cc(F)c(-c3ccc(Cl)cc3)c12. The van der Waals surface area contributed by atoms with Crippen LogP contribution in [0.3, 0.4) is 0 Å². The highest BCUT2D eigenvalue weighted by atomic mass is 35.5. The number of aromatic nitrogens is 1. The molecule has 5 aromatic rings. The summed E-state index contributed by atoms with van der Waals surface area (Å²) in [6.45, 7) is 9.79. The molecule has 0 radical (unpaired) electrons. The van der Waals surface area contributed by atoms with Gasteiger partial charge in [-0.15, -0.1) is 0 Å². The maximum atomic E-state index is 16.1. The Morgan fingerprint density at radius 1 is 1.02 bits per heavy atom. The van der Waals surface area contributed by atoms with Crippen LogP contribution in [-0.2, 0) is 5.41 Å². The van der Waals surface area contributed by atoms with Crippen LogP contribution in [0.25, 0.3) is 21.3 Å². The molecule has 2 aliphatic heterocycles. The number of carbonyl (C=O) groups excluding carboxylic acids is 1. The fraction of sp³-hybridized carbons (Fsp3) is 0.297. The minimum absolute atomic E-state index is 0.135. The number of hydrogen-bond donors (Lipinski definition) is 3. The summed E-state index contributed by atoms with van der Waals surface area (Å²) in [5.74, 6) is -1.02. The predicted octanol–water partition coefficient (Wildman–Crippen LogP) is 9.78. The summed E-state index contributed by atoms with van der Waals surface area (Å²) < 4.78 is 30.5. The molecule has 3 heterocycles. The number of rotatable bonds is 5. The molecule has 4 aromatic carbocycles. The third kappa shape index (κ3) is 6.20. The molecule has 2 aliphatic rings. The number of benzene rings is 4. The largest absolute Gasteiger partial charge is 0.506 e. The summed E-state index contributed by atoms with van der Waals surface area (Å²) in [4.78, 5) is 22.2. The molecule has 0 aliphatic carbocycles. The fourth-order valence-electron chi connectivity index (χ4n) is 7.22. The fourth-order valence-corrected chi connectivity index (χ4v) is 8.23. The Morgan fingerprint density at radius 3 is 2.48 bits per heavy atom. The molecular formula is C37H36ClF2N5O2S. The lowest BCUT2D eigenvalue weighted by atomic mass is 9.71. The van der Waals surface area contributed by atoms with E-state index in [9.17, 15) is 14.3 Å². The van der Waals surface area contributed by atoms with E-state index in [4.69, 9.17) is 11.6 Å². The Labute approximate surface area is 287 Å². The average molecular weight is 688 g/mol. The van der Waals surface area contributed by atoms with E-state index < -0.39 is 17.3 Å². The summed E-state index contributed by atoms with van der Waals surface area (Å²) in [5.41, 5.74) is 3.88.